The largest absolute Gasteiger partial charge is 0.264 e. The lowest BCUT2D eigenvalue weighted by atomic mass is 9.72. The fourth-order valence-electron chi connectivity index (χ4n) is 4.71. The summed E-state index contributed by atoms with van der Waals surface area (Å²) in [7, 11) is 0. The lowest BCUT2D eigenvalue weighted by molar-refractivity contribution is -0.528. The van der Waals surface area contributed by atoms with Crippen LogP contribution >= 0.6 is 0 Å². The van der Waals surface area contributed by atoms with Crippen LogP contribution in [0.4, 0.5) is 0 Å². The van der Waals surface area contributed by atoms with Crippen molar-refractivity contribution in [1.82, 2.24) is 0 Å². The van der Waals surface area contributed by atoms with Crippen molar-refractivity contribution in [3.05, 3.63) is 22.3 Å². The summed E-state index contributed by atoms with van der Waals surface area (Å²) < 4.78 is 0. The van der Waals surface area contributed by atoms with Crippen molar-refractivity contribution in [1.29, 1.82) is 0 Å². The maximum Gasteiger partial charge on any atom is 0.213 e. The number of fused-ring (bicyclic) bond motifs is 3. The van der Waals surface area contributed by atoms with Gasteiger partial charge in [0.1, 0.15) is 0 Å². The molecule has 3 nitrogen and oxygen atoms in total. The monoisotopic (exact) mass is 235 g/mol. The van der Waals surface area contributed by atoms with Gasteiger partial charge < -0.3 is 0 Å². The Kier molecular flexibility index (Phi) is 2.72. The first-order chi connectivity index (χ1) is 8.18. The van der Waals surface area contributed by atoms with Gasteiger partial charge in [-0.2, -0.15) is 0 Å². The zero-order valence-corrected chi connectivity index (χ0v) is 10.3. The minimum Gasteiger partial charge on any atom is -0.264 e. The van der Waals surface area contributed by atoms with E-state index < -0.39 is 0 Å². The number of hydrogen-bond donors (Lipinski definition) is 0. The van der Waals surface area contributed by atoms with Crippen LogP contribution in [-0.2, 0) is 0 Å². The van der Waals surface area contributed by atoms with Crippen LogP contribution in [0.3, 0.4) is 0 Å². The smallest absolute Gasteiger partial charge is 0.213 e. The fourth-order valence-corrected chi connectivity index (χ4v) is 4.71. The zero-order chi connectivity index (χ0) is 12.0. The summed E-state index contributed by atoms with van der Waals surface area (Å²) in [6.45, 7) is 4.29. The van der Waals surface area contributed by atoms with Gasteiger partial charge in [-0.15, -0.1) is 0 Å². The molecule has 0 amide bonds. The van der Waals surface area contributed by atoms with Gasteiger partial charge in [0, 0.05) is 17.8 Å². The Morgan fingerprint density at radius 2 is 1.76 bits per heavy atom. The molecule has 5 atom stereocenters. The van der Waals surface area contributed by atoms with Crippen molar-refractivity contribution >= 4 is 0 Å². The van der Waals surface area contributed by atoms with E-state index in [1.54, 1.807) is 0 Å². The normalized spacial score (nSPS) is 45.2. The highest BCUT2D eigenvalue weighted by Gasteiger charge is 2.50. The number of hydrogen-bond acceptors (Lipinski definition) is 2. The molecule has 0 bridgehead atoms. The molecule has 94 valence electrons. The molecule has 0 aromatic carbocycles. The molecule has 17 heavy (non-hydrogen) atoms. The number of nitro groups is 1. The van der Waals surface area contributed by atoms with Crippen LogP contribution in [0.2, 0.25) is 0 Å². The highest BCUT2D eigenvalue weighted by Crippen LogP contribution is 2.56. The minimum absolute atomic E-state index is 0.0640. The molecule has 0 aromatic heterocycles. The van der Waals surface area contributed by atoms with E-state index in [0.717, 1.165) is 31.1 Å². The Bertz CT molecular complexity index is 352. The third-order valence-corrected chi connectivity index (χ3v) is 5.50. The van der Waals surface area contributed by atoms with Crippen molar-refractivity contribution in [3.63, 3.8) is 0 Å². The highest BCUT2D eigenvalue weighted by atomic mass is 16.6. The van der Waals surface area contributed by atoms with Crippen LogP contribution in [-0.4, -0.2) is 11.0 Å². The van der Waals surface area contributed by atoms with Crippen LogP contribution < -0.4 is 0 Å². The summed E-state index contributed by atoms with van der Waals surface area (Å²) >= 11 is 0. The first-order valence-electron chi connectivity index (χ1n) is 7.00. The van der Waals surface area contributed by atoms with Gasteiger partial charge in [0.25, 0.3) is 0 Å². The van der Waals surface area contributed by atoms with Crippen molar-refractivity contribution in [2.24, 2.45) is 23.7 Å². The molecule has 0 heterocycles. The minimum atomic E-state index is -0.298. The van der Waals surface area contributed by atoms with Gasteiger partial charge in [-0.05, 0) is 42.9 Å². The van der Waals surface area contributed by atoms with Gasteiger partial charge in [0.2, 0.25) is 6.04 Å². The molecular formula is C14H21NO2. The third-order valence-electron chi connectivity index (χ3n) is 5.50. The lowest BCUT2D eigenvalue weighted by Crippen LogP contribution is -2.32. The quantitative estimate of drug-likeness (QED) is 0.397. The van der Waals surface area contributed by atoms with E-state index in [0.29, 0.717) is 11.8 Å². The van der Waals surface area contributed by atoms with E-state index in [9.17, 15) is 10.1 Å². The van der Waals surface area contributed by atoms with Crippen LogP contribution in [0.25, 0.3) is 0 Å². The van der Waals surface area contributed by atoms with Gasteiger partial charge >= 0.3 is 0 Å². The second kappa shape index (κ2) is 4.11. The molecule has 0 radical (unpaired) electrons. The fraction of sp³-hybridized carbons (Fsp3) is 0.857. The zero-order valence-electron chi connectivity index (χ0n) is 10.3. The Labute approximate surface area is 102 Å². The van der Waals surface area contributed by atoms with Crippen molar-refractivity contribution in [3.8, 4) is 0 Å². The Morgan fingerprint density at radius 3 is 2.53 bits per heavy atom. The van der Waals surface area contributed by atoms with Crippen LogP contribution in [0, 0.1) is 33.8 Å². The molecule has 0 aromatic rings. The molecule has 3 aliphatic rings. The molecule has 0 aliphatic heterocycles. The summed E-state index contributed by atoms with van der Waals surface area (Å²) in [6.07, 6.45) is 7.95. The number of rotatable bonds is 1. The molecule has 3 saturated carbocycles. The molecule has 3 fully saturated rings. The third kappa shape index (κ3) is 1.71. The first-order valence-corrected chi connectivity index (χ1v) is 7.00. The molecule has 0 saturated heterocycles. The maximum absolute atomic E-state index is 10.9. The van der Waals surface area contributed by atoms with Crippen molar-refractivity contribution in [2.75, 3.05) is 0 Å². The van der Waals surface area contributed by atoms with E-state index in [-0.39, 0.29) is 11.0 Å². The van der Waals surface area contributed by atoms with E-state index in [2.05, 4.69) is 6.58 Å². The molecule has 0 spiro atoms. The summed E-state index contributed by atoms with van der Waals surface area (Å²) in [6, 6.07) is -0.298. The molecule has 3 aliphatic carbocycles. The lowest BCUT2D eigenvalue weighted by Gasteiger charge is -2.32. The standard InChI is InChI=1S/C14H21NO2/c1-9-11-4-2-3-5-12(11)13-7-6-10(15(16)17)8-14(9)13/h10-14H,1-8H2. The molecular weight excluding hydrogens is 214 g/mol. The predicted molar refractivity (Wildman–Crippen MR) is 66.2 cm³/mol. The summed E-state index contributed by atoms with van der Waals surface area (Å²) in [5.74, 6) is 2.70. The topological polar surface area (TPSA) is 43.1 Å². The predicted octanol–water partition coefficient (Wildman–Crippen LogP) is 3.42. The van der Waals surface area contributed by atoms with E-state index >= 15 is 0 Å². The number of allylic oxidation sites excluding steroid dienone is 1. The molecule has 3 rings (SSSR count). The Morgan fingerprint density at radius 1 is 1.06 bits per heavy atom. The molecule has 5 unspecified atom stereocenters. The van der Waals surface area contributed by atoms with Gasteiger partial charge in [0.05, 0.1) is 0 Å². The maximum atomic E-state index is 10.9. The summed E-state index contributed by atoms with van der Waals surface area (Å²) in [5.41, 5.74) is 1.37. The van der Waals surface area contributed by atoms with Crippen molar-refractivity contribution in [2.45, 2.75) is 51.0 Å². The second-order valence-corrected chi connectivity index (χ2v) is 6.15. The van der Waals surface area contributed by atoms with Crippen LogP contribution in [0.1, 0.15) is 44.9 Å². The van der Waals surface area contributed by atoms with Gasteiger partial charge in [-0.3, -0.25) is 10.1 Å². The molecule has 3 heteroatoms. The Balaban J connectivity index is 1.80. The average Bonchev–Trinajstić information content (AvgIpc) is 2.64. The van der Waals surface area contributed by atoms with Crippen LogP contribution in [0.15, 0.2) is 12.2 Å². The molecule has 0 N–H and O–H groups in total. The summed E-state index contributed by atoms with van der Waals surface area (Å²) in [4.78, 5) is 10.9. The van der Waals surface area contributed by atoms with Crippen molar-refractivity contribution < 1.29 is 4.92 Å². The van der Waals surface area contributed by atoms with Gasteiger partial charge in [-0.1, -0.05) is 25.0 Å². The summed E-state index contributed by atoms with van der Waals surface area (Å²) in [5, 5.41) is 10.9. The Hall–Kier alpha value is -0.860. The highest BCUT2D eigenvalue weighted by molar-refractivity contribution is 5.19. The van der Waals surface area contributed by atoms with E-state index in [1.165, 1.54) is 31.3 Å². The van der Waals surface area contributed by atoms with Crippen LogP contribution in [0.5, 0.6) is 0 Å². The van der Waals surface area contributed by atoms with E-state index in [4.69, 9.17) is 0 Å². The van der Waals surface area contributed by atoms with E-state index in [1.807, 2.05) is 0 Å². The first kappa shape index (κ1) is 11.2. The van der Waals surface area contributed by atoms with Gasteiger partial charge in [0.15, 0.2) is 0 Å². The number of nitrogens with zero attached hydrogens (tertiary/aromatic N) is 1. The SMILES string of the molecule is C=C1C2CCCCC2C2CCC([N+](=O)[O-])CC12. The average molecular weight is 235 g/mol. The second-order valence-electron chi connectivity index (χ2n) is 6.15. The van der Waals surface area contributed by atoms with Gasteiger partial charge in [-0.25, -0.2) is 0 Å².